The summed E-state index contributed by atoms with van der Waals surface area (Å²) in [6.45, 7) is 0.690. The van der Waals surface area contributed by atoms with Crippen LogP contribution in [0.5, 0.6) is 0 Å². The third-order valence-electron chi connectivity index (χ3n) is 4.98. The van der Waals surface area contributed by atoms with Crippen molar-refractivity contribution < 1.29 is 23.2 Å². The number of halogens is 1. The molecular weight excluding hydrogens is 403 g/mol. The molecule has 0 radical (unpaired) electrons. The van der Waals surface area contributed by atoms with Crippen molar-refractivity contribution >= 4 is 17.7 Å². The van der Waals surface area contributed by atoms with E-state index in [0.717, 1.165) is 0 Å². The molecule has 2 aromatic carbocycles. The van der Waals surface area contributed by atoms with E-state index in [4.69, 9.17) is 9.26 Å². The molecule has 1 aliphatic heterocycles. The normalized spacial score (nSPS) is 16.0. The molecule has 2 amide bonds. The Morgan fingerprint density at radius 2 is 1.94 bits per heavy atom. The molecule has 1 aliphatic rings. The van der Waals surface area contributed by atoms with E-state index in [1.165, 1.54) is 24.3 Å². The fourth-order valence-electron chi connectivity index (χ4n) is 3.36. The van der Waals surface area contributed by atoms with E-state index < -0.39 is 11.9 Å². The van der Waals surface area contributed by atoms with Crippen molar-refractivity contribution in [1.82, 2.24) is 15.0 Å². The quantitative estimate of drug-likeness (QED) is 0.625. The minimum atomic E-state index is -0.422. The number of carbonyl (C=O) groups is 2. The van der Waals surface area contributed by atoms with Gasteiger partial charge in [-0.1, -0.05) is 23.4 Å². The Morgan fingerprint density at radius 1 is 1.16 bits per heavy atom. The Hall–Kier alpha value is -3.75. The summed E-state index contributed by atoms with van der Waals surface area (Å²) in [4.78, 5) is 30.8. The zero-order chi connectivity index (χ0) is 21.6. The van der Waals surface area contributed by atoms with Crippen LogP contribution >= 0.6 is 0 Å². The summed E-state index contributed by atoms with van der Waals surface area (Å²) < 4.78 is 23.5. The average molecular weight is 424 g/mol. The highest BCUT2D eigenvalue weighted by Gasteiger charge is 2.30. The second-order valence-corrected chi connectivity index (χ2v) is 7.21. The Labute approximate surface area is 178 Å². The molecule has 0 aliphatic carbocycles. The number of hydrogen-bond donors (Lipinski definition) is 1. The van der Waals surface area contributed by atoms with Crippen LogP contribution in [0.15, 0.2) is 59.1 Å². The number of piperidine rings is 1. The zero-order valence-corrected chi connectivity index (χ0v) is 16.7. The van der Waals surface area contributed by atoms with Crippen molar-refractivity contribution in [3.63, 3.8) is 0 Å². The smallest absolute Gasteiger partial charge is 0.321 e. The molecule has 1 aromatic heterocycles. The maximum absolute atomic E-state index is 13.0. The molecule has 160 valence electrons. The van der Waals surface area contributed by atoms with Gasteiger partial charge in [-0.3, -0.25) is 4.79 Å². The zero-order valence-electron chi connectivity index (χ0n) is 16.7. The van der Waals surface area contributed by atoms with Crippen LogP contribution in [0.2, 0.25) is 0 Å². The number of rotatable bonds is 5. The lowest BCUT2D eigenvalue weighted by molar-refractivity contribution is -0.152. The Bertz CT molecular complexity index is 1040. The van der Waals surface area contributed by atoms with Gasteiger partial charge in [0.15, 0.2) is 6.61 Å². The number of hydrogen-bond acceptors (Lipinski definition) is 6. The molecule has 8 nitrogen and oxygen atoms in total. The first-order valence-electron chi connectivity index (χ1n) is 9.94. The maximum atomic E-state index is 13.0. The summed E-state index contributed by atoms with van der Waals surface area (Å²) in [5.74, 6) is -0.775. The number of nitrogens with zero attached hydrogens (tertiary/aromatic N) is 3. The molecule has 1 atom stereocenters. The predicted molar refractivity (Wildman–Crippen MR) is 109 cm³/mol. The van der Waals surface area contributed by atoms with E-state index in [1.54, 1.807) is 17.0 Å². The molecule has 4 rings (SSSR count). The van der Waals surface area contributed by atoms with Crippen molar-refractivity contribution in [2.24, 2.45) is 5.92 Å². The van der Waals surface area contributed by atoms with Crippen molar-refractivity contribution in [3.05, 3.63) is 66.3 Å². The Kier molecular flexibility index (Phi) is 6.21. The van der Waals surface area contributed by atoms with Gasteiger partial charge in [-0.05, 0) is 49.2 Å². The van der Waals surface area contributed by atoms with Gasteiger partial charge >= 0.3 is 12.0 Å². The van der Waals surface area contributed by atoms with Gasteiger partial charge in [0.1, 0.15) is 5.82 Å². The summed E-state index contributed by atoms with van der Waals surface area (Å²) >= 11 is 0. The van der Waals surface area contributed by atoms with E-state index in [9.17, 15) is 14.0 Å². The third kappa shape index (κ3) is 5.25. The highest BCUT2D eigenvalue weighted by molar-refractivity contribution is 5.89. The summed E-state index contributed by atoms with van der Waals surface area (Å²) in [6, 6.07) is 14.6. The molecule has 2 heterocycles. The lowest BCUT2D eigenvalue weighted by Crippen LogP contribution is -2.44. The van der Waals surface area contributed by atoms with Gasteiger partial charge in [0.2, 0.25) is 5.82 Å². The van der Waals surface area contributed by atoms with Crippen molar-refractivity contribution in [3.8, 4) is 11.4 Å². The number of para-hydroxylation sites is 1. The number of anilines is 1. The molecule has 0 spiro atoms. The Balaban J connectivity index is 1.29. The Morgan fingerprint density at radius 3 is 2.71 bits per heavy atom. The first-order chi connectivity index (χ1) is 15.1. The minimum Gasteiger partial charge on any atom is -0.455 e. The van der Waals surface area contributed by atoms with Crippen LogP contribution in [0.4, 0.5) is 14.9 Å². The number of nitrogens with one attached hydrogen (secondary N) is 1. The van der Waals surface area contributed by atoms with Gasteiger partial charge < -0.3 is 19.5 Å². The fourth-order valence-corrected chi connectivity index (χ4v) is 3.36. The number of likely N-dealkylation sites (tertiary alicyclic amines) is 1. The second kappa shape index (κ2) is 9.38. The van der Waals surface area contributed by atoms with Crippen LogP contribution in [0, 0.1) is 11.7 Å². The van der Waals surface area contributed by atoms with Crippen LogP contribution in [0.25, 0.3) is 11.4 Å². The number of carbonyl (C=O) groups excluding carboxylic acids is 2. The van der Waals surface area contributed by atoms with Gasteiger partial charge in [0.05, 0.1) is 5.92 Å². The minimum absolute atomic E-state index is 0.141. The maximum Gasteiger partial charge on any atom is 0.321 e. The van der Waals surface area contributed by atoms with E-state index in [2.05, 4.69) is 15.5 Å². The molecule has 1 saturated heterocycles. The highest BCUT2D eigenvalue weighted by atomic mass is 19.1. The van der Waals surface area contributed by atoms with Gasteiger partial charge in [0.25, 0.3) is 5.89 Å². The number of esters is 1. The largest absolute Gasteiger partial charge is 0.455 e. The highest BCUT2D eigenvalue weighted by Crippen LogP contribution is 2.21. The fraction of sp³-hybridized carbons (Fsp3) is 0.273. The van der Waals surface area contributed by atoms with Crippen LogP contribution in [0.3, 0.4) is 0 Å². The average Bonchev–Trinajstić information content (AvgIpc) is 3.28. The van der Waals surface area contributed by atoms with E-state index in [1.807, 2.05) is 18.2 Å². The predicted octanol–water partition coefficient (Wildman–Crippen LogP) is 3.86. The summed E-state index contributed by atoms with van der Waals surface area (Å²) in [6.07, 6.45) is 1.34. The molecule has 1 fully saturated rings. The first-order valence-corrected chi connectivity index (χ1v) is 9.94. The van der Waals surface area contributed by atoms with Gasteiger partial charge in [-0.25, -0.2) is 9.18 Å². The summed E-state index contributed by atoms with van der Waals surface area (Å²) in [5.41, 5.74) is 1.29. The van der Waals surface area contributed by atoms with Gasteiger partial charge in [-0.15, -0.1) is 0 Å². The van der Waals surface area contributed by atoms with Crippen molar-refractivity contribution in [1.29, 1.82) is 0 Å². The third-order valence-corrected chi connectivity index (χ3v) is 4.98. The van der Waals surface area contributed by atoms with Gasteiger partial charge in [0, 0.05) is 24.3 Å². The second-order valence-electron chi connectivity index (χ2n) is 7.21. The van der Waals surface area contributed by atoms with Crippen molar-refractivity contribution in [2.75, 3.05) is 18.4 Å². The van der Waals surface area contributed by atoms with Crippen molar-refractivity contribution in [2.45, 2.75) is 19.4 Å². The van der Waals surface area contributed by atoms with Gasteiger partial charge in [-0.2, -0.15) is 4.98 Å². The first kappa shape index (κ1) is 20.5. The summed E-state index contributed by atoms with van der Waals surface area (Å²) in [5, 5.41) is 6.65. The summed E-state index contributed by atoms with van der Waals surface area (Å²) in [7, 11) is 0. The number of amides is 2. The molecule has 0 unspecified atom stereocenters. The van der Waals surface area contributed by atoms with Crippen LogP contribution < -0.4 is 5.32 Å². The number of aromatic nitrogens is 2. The molecule has 31 heavy (non-hydrogen) atoms. The number of urea groups is 1. The van der Waals surface area contributed by atoms with E-state index in [-0.39, 0.29) is 36.7 Å². The van der Waals surface area contributed by atoms with E-state index >= 15 is 0 Å². The topological polar surface area (TPSA) is 97.6 Å². The number of benzene rings is 2. The molecule has 0 saturated carbocycles. The molecular formula is C22H21FN4O4. The molecule has 1 N–H and O–H groups in total. The van der Waals surface area contributed by atoms with Crippen LogP contribution in [-0.4, -0.2) is 40.1 Å². The molecule has 9 heteroatoms. The number of ether oxygens (including phenoxy) is 1. The van der Waals surface area contributed by atoms with E-state index in [0.29, 0.717) is 30.6 Å². The lowest BCUT2D eigenvalue weighted by atomic mass is 9.98. The van der Waals surface area contributed by atoms with Crippen LogP contribution in [0.1, 0.15) is 18.7 Å². The standard InChI is InChI=1S/C22H21FN4O4/c23-17-10-8-15(9-11-17)20-25-19(31-26-20)14-30-21(28)16-5-4-12-27(13-16)22(29)24-18-6-2-1-3-7-18/h1-3,6-11,16H,4-5,12-14H2,(H,24,29)/t16-/m0/s1. The monoisotopic (exact) mass is 424 g/mol. The lowest BCUT2D eigenvalue weighted by Gasteiger charge is -2.31. The van der Waals surface area contributed by atoms with Crippen LogP contribution in [-0.2, 0) is 16.1 Å². The molecule has 3 aromatic rings. The SMILES string of the molecule is O=C(OCc1nc(-c2ccc(F)cc2)no1)[C@H]1CCCN(C(=O)Nc2ccccc2)C1. The molecule has 0 bridgehead atoms.